The molecule has 0 amide bonds. The summed E-state index contributed by atoms with van der Waals surface area (Å²) >= 11 is 6.34. The Morgan fingerprint density at radius 2 is 2.06 bits per heavy atom. The average Bonchev–Trinajstić information content (AvgIpc) is 3.25. The summed E-state index contributed by atoms with van der Waals surface area (Å²) in [6.07, 6.45) is 4.83. The van der Waals surface area contributed by atoms with E-state index < -0.39 is 0 Å². The molecule has 33 heavy (non-hydrogen) atoms. The quantitative estimate of drug-likeness (QED) is 0.296. The summed E-state index contributed by atoms with van der Waals surface area (Å²) in [6.45, 7) is 1.38. The first-order chi connectivity index (χ1) is 16.0. The summed E-state index contributed by atoms with van der Waals surface area (Å²) in [7, 11) is 5.61. The number of methoxy groups -OCH3 is 1. The van der Waals surface area contributed by atoms with Crippen molar-refractivity contribution in [2.24, 2.45) is 5.10 Å². The summed E-state index contributed by atoms with van der Waals surface area (Å²) in [5.74, 6) is 1.92. The Morgan fingerprint density at radius 1 is 1.18 bits per heavy atom. The second-order valence-electron chi connectivity index (χ2n) is 7.43. The van der Waals surface area contributed by atoms with Gasteiger partial charge in [-0.05, 0) is 50.0 Å². The SMILES string of the molecule is COc1cccc(-n2ncc3c(NN=Cc4ccc(OCCN(C)C)c(Cl)c4)ncnc32)c1. The molecule has 0 bridgehead atoms. The lowest BCUT2D eigenvalue weighted by atomic mass is 10.2. The molecular formula is C23H24ClN7O2. The van der Waals surface area contributed by atoms with Crippen molar-refractivity contribution in [3.63, 3.8) is 0 Å². The topological polar surface area (TPSA) is 89.7 Å². The number of hydrazone groups is 1. The van der Waals surface area contributed by atoms with Gasteiger partial charge in [0.2, 0.25) is 0 Å². The molecule has 9 nitrogen and oxygen atoms in total. The van der Waals surface area contributed by atoms with Crippen molar-refractivity contribution in [2.75, 3.05) is 39.8 Å². The monoisotopic (exact) mass is 465 g/mol. The summed E-state index contributed by atoms with van der Waals surface area (Å²) in [6, 6.07) is 13.1. The van der Waals surface area contributed by atoms with Crippen LogP contribution in [0, 0.1) is 0 Å². The predicted molar refractivity (Wildman–Crippen MR) is 130 cm³/mol. The molecule has 0 spiro atoms. The Kier molecular flexibility index (Phi) is 7.01. The summed E-state index contributed by atoms with van der Waals surface area (Å²) < 4.78 is 12.7. The molecule has 0 aliphatic carbocycles. The van der Waals surface area contributed by atoms with Crippen LogP contribution in [0.4, 0.5) is 5.82 Å². The third-order valence-electron chi connectivity index (χ3n) is 4.80. The molecule has 0 saturated heterocycles. The number of nitrogens with one attached hydrogen (secondary N) is 1. The van der Waals surface area contributed by atoms with Gasteiger partial charge in [-0.1, -0.05) is 17.7 Å². The summed E-state index contributed by atoms with van der Waals surface area (Å²) in [4.78, 5) is 10.7. The largest absolute Gasteiger partial charge is 0.497 e. The van der Waals surface area contributed by atoms with E-state index in [0.717, 1.165) is 28.9 Å². The molecule has 0 radical (unpaired) electrons. The van der Waals surface area contributed by atoms with Crippen LogP contribution in [0.2, 0.25) is 5.02 Å². The number of anilines is 1. The second-order valence-corrected chi connectivity index (χ2v) is 7.84. The van der Waals surface area contributed by atoms with Crippen LogP contribution in [0.15, 0.2) is 60.1 Å². The van der Waals surface area contributed by atoms with Crippen molar-refractivity contribution in [3.05, 3.63) is 65.6 Å². The maximum absolute atomic E-state index is 6.34. The molecule has 1 N–H and O–H groups in total. The zero-order valence-electron chi connectivity index (χ0n) is 18.6. The number of aromatic nitrogens is 4. The van der Waals surface area contributed by atoms with E-state index in [1.165, 1.54) is 6.33 Å². The molecule has 0 saturated carbocycles. The predicted octanol–water partition coefficient (Wildman–Crippen LogP) is 3.86. The Labute approximate surface area is 196 Å². The molecule has 0 atom stereocenters. The lowest BCUT2D eigenvalue weighted by Crippen LogP contribution is -2.19. The van der Waals surface area contributed by atoms with E-state index in [0.29, 0.717) is 28.8 Å². The third-order valence-corrected chi connectivity index (χ3v) is 5.10. The highest BCUT2D eigenvalue weighted by atomic mass is 35.5. The summed E-state index contributed by atoms with van der Waals surface area (Å²) in [5.41, 5.74) is 5.27. The number of rotatable bonds is 9. The molecule has 10 heteroatoms. The number of likely N-dealkylation sites (N-methyl/N-ethyl adjacent to an activating group) is 1. The number of nitrogens with zero attached hydrogens (tertiary/aromatic N) is 6. The highest BCUT2D eigenvalue weighted by Gasteiger charge is 2.11. The van der Waals surface area contributed by atoms with Crippen molar-refractivity contribution in [2.45, 2.75) is 0 Å². The standard InChI is InChI=1S/C23H24ClN7O2/c1-30(2)9-10-33-21-8-7-16(11-20(21)24)13-27-29-22-19-14-28-31(23(19)26-15-25-22)17-5-4-6-18(12-17)32-3/h4-8,11-15H,9-10H2,1-3H3,(H,25,26,29). The van der Waals surface area contributed by atoms with E-state index in [2.05, 4.69) is 25.6 Å². The van der Waals surface area contributed by atoms with E-state index in [1.807, 2.05) is 55.4 Å². The van der Waals surface area contributed by atoms with Gasteiger partial charge in [0.05, 0.1) is 35.6 Å². The molecule has 0 fully saturated rings. The van der Waals surface area contributed by atoms with Gasteiger partial charge in [-0.15, -0.1) is 0 Å². The van der Waals surface area contributed by atoms with Crippen LogP contribution in [0.25, 0.3) is 16.7 Å². The number of hydrogen-bond acceptors (Lipinski definition) is 8. The van der Waals surface area contributed by atoms with Crippen LogP contribution in [-0.2, 0) is 0 Å². The van der Waals surface area contributed by atoms with Crippen LogP contribution in [0.1, 0.15) is 5.56 Å². The maximum Gasteiger partial charge on any atom is 0.168 e. The van der Waals surface area contributed by atoms with Crippen LogP contribution in [-0.4, -0.2) is 65.2 Å². The van der Waals surface area contributed by atoms with Gasteiger partial charge >= 0.3 is 0 Å². The number of benzene rings is 2. The molecule has 2 heterocycles. The zero-order valence-corrected chi connectivity index (χ0v) is 19.3. The Bertz CT molecular complexity index is 1270. The first-order valence-corrected chi connectivity index (χ1v) is 10.6. The molecule has 0 unspecified atom stereocenters. The van der Waals surface area contributed by atoms with Crippen LogP contribution in [0.5, 0.6) is 11.5 Å². The van der Waals surface area contributed by atoms with E-state index in [4.69, 9.17) is 21.1 Å². The molecule has 4 aromatic rings. The molecule has 4 rings (SSSR count). The van der Waals surface area contributed by atoms with Crippen molar-refractivity contribution in [1.82, 2.24) is 24.6 Å². The Morgan fingerprint density at radius 3 is 2.85 bits per heavy atom. The number of ether oxygens (including phenoxy) is 2. The van der Waals surface area contributed by atoms with Crippen LogP contribution < -0.4 is 14.9 Å². The molecule has 0 aliphatic heterocycles. The highest BCUT2D eigenvalue weighted by Crippen LogP contribution is 2.26. The van der Waals surface area contributed by atoms with E-state index in [-0.39, 0.29) is 0 Å². The number of halogens is 1. The maximum atomic E-state index is 6.34. The van der Waals surface area contributed by atoms with Crippen LogP contribution >= 0.6 is 11.6 Å². The van der Waals surface area contributed by atoms with Crippen molar-refractivity contribution < 1.29 is 9.47 Å². The van der Waals surface area contributed by atoms with Gasteiger partial charge in [-0.25, -0.2) is 14.6 Å². The van der Waals surface area contributed by atoms with Gasteiger partial charge in [0, 0.05) is 12.6 Å². The van der Waals surface area contributed by atoms with Gasteiger partial charge in [-0.2, -0.15) is 10.2 Å². The third kappa shape index (κ3) is 5.39. The highest BCUT2D eigenvalue weighted by molar-refractivity contribution is 6.32. The van der Waals surface area contributed by atoms with E-state index >= 15 is 0 Å². The number of fused-ring (bicyclic) bond motifs is 1. The lowest BCUT2D eigenvalue weighted by molar-refractivity contribution is 0.261. The lowest BCUT2D eigenvalue weighted by Gasteiger charge is -2.12. The Hall–Kier alpha value is -3.69. The van der Waals surface area contributed by atoms with Gasteiger partial charge in [0.25, 0.3) is 0 Å². The fourth-order valence-electron chi connectivity index (χ4n) is 3.08. The minimum absolute atomic E-state index is 0.529. The average molecular weight is 466 g/mol. The molecular weight excluding hydrogens is 442 g/mol. The minimum atomic E-state index is 0.529. The van der Waals surface area contributed by atoms with E-state index in [1.54, 1.807) is 30.3 Å². The van der Waals surface area contributed by atoms with Crippen molar-refractivity contribution in [1.29, 1.82) is 0 Å². The summed E-state index contributed by atoms with van der Waals surface area (Å²) in [5, 5.41) is 10.0. The molecule has 0 aliphatic rings. The van der Waals surface area contributed by atoms with Gasteiger partial charge in [0.15, 0.2) is 11.5 Å². The van der Waals surface area contributed by atoms with Crippen molar-refractivity contribution >= 4 is 34.7 Å². The van der Waals surface area contributed by atoms with Crippen molar-refractivity contribution in [3.8, 4) is 17.2 Å². The fraction of sp³-hybridized carbons (Fsp3) is 0.217. The number of hydrogen-bond donors (Lipinski definition) is 1. The van der Waals surface area contributed by atoms with Gasteiger partial charge in [-0.3, -0.25) is 5.43 Å². The van der Waals surface area contributed by atoms with E-state index in [9.17, 15) is 0 Å². The zero-order chi connectivity index (χ0) is 23.2. The Balaban J connectivity index is 1.48. The first-order valence-electron chi connectivity index (χ1n) is 10.2. The molecule has 2 aromatic heterocycles. The van der Waals surface area contributed by atoms with Crippen LogP contribution in [0.3, 0.4) is 0 Å². The fourth-order valence-corrected chi connectivity index (χ4v) is 3.33. The van der Waals surface area contributed by atoms with Gasteiger partial charge in [0.1, 0.15) is 24.4 Å². The minimum Gasteiger partial charge on any atom is -0.497 e. The molecule has 170 valence electrons. The first kappa shape index (κ1) is 22.5. The second kappa shape index (κ2) is 10.3. The smallest absolute Gasteiger partial charge is 0.168 e. The molecule has 2 aromatic carbocycles. The normalized spacial score (nSPS) is 11.4. The van der Waals surface area contributed by atoms with Gasteiger partial charge < -0.3 is 14.4 Å².